The Morgan fingerprint density at radius 2 is 1.72 bits per heavy atom. The quantitative estimate of drug-likeness (QED) is 0.421. The average molecular weight is 531 g/mol. The Hall–Kier alpha value is -2.82. The van der Waals surface area contributed by atoms with Crippen molar-refractivity contribution >= 4 is 11.8 Å². The zero-order chi connectivity index (χ0) is 28.0. The second kappa shape index (κ2) is 8.59. The summed E-state index contributed by atoms with van der Waals surface area (Å²) >= 11 is 0. The Balaban J connectivity index is 1.35. The van der Waals surface area contributed by atoms with Crippen LogP contribution in [0.4, 0.5) is 0 Å². The van der Waals surface area contributed by atoms with Gasteiger partial charge < -0.3 is 14.6 Å². The summed E-state index contributed by atoms with van der Waals surface area (Å²) in [5.74, 6) is 1.24. The van der Waals surface area contributed by atoms with Crippen molar-refractivity contribution in [1.29, 1.82) is 0 Å². The predicted molar refractivity (Wildman–Crippen MR) is 150 cm³/mol. The molecule has 0 bridgehead atoms. The highest BCUT2D eigenvalue weighted by Crippen LogP contribution is 2.71. The Morgan fingerprint density at radius 3 is 2.41 bits per heavy atom. The molecule has 7 atom stereocenters. The van der Waals surface area contributed by atoms with Crippen LogP contribution in [0.15, 0.2) is 42.5 Å². The Labute approximate surface area is 232 Å². The van der Waals surface area contributed by atoms with E-state index in [1.807, 2.05) is 50.2 Å². The van der Waals surface area contributed by atoms with Gasteiger partial charge in [0.15, 0.2) is 0 Å². The van der Waals surface area contributed by atoms with E-state index in [4.69, 9.17) is 9.47 Å². The van der Waals surface area contributed by atoms with E-state index in [0.29, 0.717) is 24.3 Å². The number of carbonyl (C=O) groups excluding carboxylic acids is 2. The fraction of sp³-hybridized carbons (Fsp3) is 0.588. The molecule has 3 aliphatic carbocycles. The predicted octanol–water partition coefficient (Wildman–Crippen LogP) is 7.07. The third kappa shape index (κ3) is 3.50. The summed E-state index contributed by atoms with van der Waals surface area (Å²) in [7, 11) is 0. The summed E-state index contributed by atoms with van der Waals surface area (Å²) in [6, 6.07) is 12.9. The Bertz CT molecular complexity index is 1300. The molecule has 0 aromatic heterocycles. The first-order chi connectivity index (χ1) is 18.3. The highest BCUT2D eigenvalue weighted by atomic mass is 16.5. The van der Waals surface area contributed by atoms with E-state index in [-0.39, 0.29) is 51.7 Å². The first-order valence-electron chi connectivity index (χ1n) is 14.6. The monoisotopic (exact) mass is 530 g/mol. The van der Waals surface area contributed by atoms with Gasteiger partial charge in [-0.3, -0.25) is 4.79 Å². The minimum Gasteiger partial charge on any atom is -0.508 e. The molecule has 2 aromatic carbocycles. The smallest absolute Gasteiger partial charge is 0.338 e. The maximum absolute atomic E-state index is 13.8. The number of rotatable bonds is 2. The van der Waals surface area contributed by atoms with E-state index >= 15 is 0 Å². The number of hydrogen-bond donors (Lipinski definition) is 1. The molecule has 3 fully saturated rings. The van der Waals surface area contributed by atoms with Gasteiger partial charge in [-0.1, -0.05) is 58.9 Å². The molecule has 39 heavy (non-hydrogen) atoms. The van der Waals surface area contributed by atoms with Crippen LogP contribution in [0.25, 0.3) is 0 Å². The van der Waals surface area contributed by atoms with Crippen molar-refractivity contribution in [3.8, 4) is 11.5 Å². The number of esters is 1. The van der Waals surface area contributed by atoms with Gasteiger partial charge in [0.2, 0.25) is 0 Å². The van der Waals surface area contributed by atoms with Crippen LogP contribution in [-0.4, -0.2) is 28.6 Å². The van der Waals surface area contributed by atoms with Crippen molar-refractivity contribution in [3.05, 3.63) is 59.2 Å². The molecule has 0 unspecified atom stereocenters. The summed E-state index contributed by atoms with van der Waals surface area (Å²) in [5.41, 5.74) is 1.22. The maximum atomic E-state index is 13.8. The highest BCUT2D eigenvalue weighted by Gasteiger charge is 2.72. The summed E-state index contributed by atoms with van der Waals surface area (Å²) in [6.45, 7) is 13.3. The molecule has 3 saturated carbocycles. The number of benzene rings is 2. The normalized spacial score (nSPS) is 38.4. The zero-order valence-corrected chi connectivity index (χ0v) is 24.2. The third-order valence-electron chi connectivity index (χ3n) is 12.0. The standard InChI is InChI=1S/C34H42O5/c1-20-12-13-24(35)23-19-34(39-29(20)23)21(2)25(36)18-27-32(5)16-15-28(38-30(37)22-10-8-7-9-11-22)31(3,4)26(32)14-17-33(27,34)6/h7-13,21,26-28,35H,14-19H2,1-6H3/t21-,26-,27+,28-,32-,33+,34-/m0/s1. The van der Waals surface area contributed by atoms with Crippen molar-refractivity contribution in [1.82, 2.24) is 0 Å². The third-order valence-corrected chi connectivity index (χ3v) is 12.0. The van der Waals surface area contributed by atoms with E-state index in [0.717, 1.165) is 42.6 Å². The minimum atomic E-state index is -0.673. The van der Waals surface area contributed by atoms with Crippen LogP contribution in [0.1, 0.15) is 88.2 Å². The van der Waals surface area contributed by atoms with Gasteiger partial charge in [0, 0.05) is 29.2 Å². The molecule has 0 saturated heterocycles. The molecule has 1 aliphatic heterocycles. The SMILES string of the molecule is Cc1ccc(O)c2c1O[C@@]1(C2)[C@@H](C)C(=O)C[C@@H]2[C@@]3(C)CC[C@H](OC(=O)c4ccccc4)C(C)(C)[C@@H]3CC[C@]21C. The Morgan fingerprint density at radius 1 is 1.00 bits per heavy atom. The average Bonchev–Trinajstić information content (AvgIpc) is 3.33. The van der Waals surface area contributed by atoms with Crippen molar-refractivity contribution in [3.63, 3.8) is 0 Å². The summed E-state index contributed by atoms with van der Waals surface area (Å²) in [4.78, 5) is 26.8. The van der Waals surface area contributed by atoms with E-state index in [2.05, 4.69) is 27.7 Å². The lowest BCUT2D eigenvalue weighted by Gasteiger charge is -2.68. The lowest BCUT2D eigenvalue weighted by Crippen LogP contribution is -2.70. The molecule has 1 spiro atoms. The van der Waals surface area contributed by atoms with E-state index in [9.17, 15) is 14.7 Å². The molecule has 0 radical (unpaired) electrons. The van der Waals surface area contributed by atoms with Gasteiger partial charge in [0.25, 0.3) is 0 Å². The van der Waals surface area contributed by atoms with Crippen LogP contribution in [-0.2, 0) is 16.0 Å². The lowest BCUT2D eigenvalue weighted by molar-refractivity contribution is -0.233. The van der Waals surface area contributed by atoms with Crippen molar-refractivity contribution in [2.24, 2.45) is 34.0 Å². The summed E-state index contributed by atoms with van der Waals surface area (Å²) in [6.07, 6.45) is 4.56. The number of carbonyl (C=O) groups is 2. The number of aromatic hydroxyl groups is 1. The number of Topliss-reactive ketones (excluding diaryl/α,β-unsaturated/α-hetero) is 1. The first-order valence-corrected chi connectivity index (χ1v) is 14.6. The number of phenolic OH excluding ortho intramolecular Hbond substituents is 1. The minimum absolute atomic E-state index is 0.0931. The van der Waals surface area contributed by atoms with Crippen LogP contribution in [0.5, 0.6) is 11.5 Å². The van der Waals surface area contributed by atoms with Gasteiger partial charge >= 0.3 is 5.97 Å². The molecular weight excluding hydrogens is 488 g/mol. The second-order valence-electron chi connectivity index (χ2n) is 14.0. The molecule has 6 rings (SSSR count). The first kappa shape index (κ1) is 26.4. The number of ketones is 1. The highest BCUT2D eigenvalue weighted by molar-refractivity contribution is 5.89. The van der Waals surface area contributed by atoms with Crippen molar-refractivity contribution < 1.29 is 24.2 Å². The van der Waals surface area contributed by atoms with E-state index in [1.165, 1.54) is 0 Å². The second-order valence-corrected chi connectivity index (χ2v) is 14.0. The molecule has 1 N–H and O–H groups in total. The summed E-state index contributed by atoms with van der Waals surface area (Å²) < 4.78 is 13.1. The van der Waals surface area contributed by atoms with Crippen LogP contribution in [0.3, 0.4) is 0 Å². The number of phenols is 1. The van der Waals surface area contributed by atoms with Crippen LogP contribution < -0.4 is 4.74 Å². The van der Waals surface area contributed by atoms with Gasteiger partial charge in [0.1, 0.15) is 29.0 Å². The topological polar surface area (TPSA) is 72.8 Å². The van der Waals surface area contributed by atoms with Gasteiger partial charge in [-0.05, 0) is 73.6 Å². The maximum Gasteiger partial charge on any atom is 0.338 e. The van der Waals surface area contributed by atoms with E-state index < -0.39 is 5.60 Å². The molecule has 1 heterocycles. The van der Waals surface area contributed by atoms with Crippen molar-refractivity contribution in [2.45, 2.75) is 91.8 Å². The van der Waals surface area contributed by atoms with Crippen LogP contribution in [0.2, 0.25) is 0 Å². The van der Waals surface area contributed by atoms with Crippen LogP contribution in [0, 0.1) is 40.9 Å². The summed E-state index contributed by atoms with van der Waals surface area (Å²) in [5, 5.41) is 10.8. The lowest BCUT2D eigenvalue weighted by atomic mass is 9.37. The van der Waals surface area contributed by atoms with Crippen LogP contribution >= 0.6 is 0 Å². The zero-order valence-electron chi connectivity index (χ0n) is 24.2. The van der Waals surface area contributed by atoms with Gasteiger partial charge in [-0.2, -0.15) is 0 Å². The van der Waals surface area contributed by atoms with E-state index in [1.54, 1.807) is 6.07 Å². The molecule has 0 amide bonds. The van der Waals surface area contributed by atoms with Gasteiger partial charge in [-0.15, -0.1) is 0 Å². The number of fused-ring (bicyclic) bond motifs is 5. The molecule has 5 heteroatoms. The molecule has 208 valence electrons. The molecule has 5 nitrogen and oxygen atoms in total. The largest absolute Gasteiger partial charge is 0.508 e. The number of aryl methyl sites for hydroxylation is 1. The fourth-order valence-electron chi connectivity index (χ4n) is 9.70. The number of hydrogen-bond acceptors (Lipinski definition) is 5. The number of ether oxygens (including phenoxy) is 2. The Kier molecular flexibility index (Phi) is 5.81. The van der Waals surface area contributed by atoms with Crippen molar-refractivity contribution in [2.75, 3.05) is 0 Å². The molecule has 4 aliphatic rings. The molecular formula is C34H42O5. The van der Waals surface area contributed by atoms with Gasteiger partial charge in [-0.25, -0.2) is 4.79 Å². The molecule has 2 aromatic rings. The van der Waals surface area contributed by atoms with Gasteiger partial charge in [0.05, 0.1) is 11.5 Å². The fourth-order valence-corrected chi connectivity index (χ4v) is 9.70.